The number of allylic oxidation sites excluding steroid dienone is 2. The standard InChI is InChI=1S/C16H20Cl2O2/c1-6-8-10(3)12(7-2)20-15(19)14-11(9-13(17)18)16(14,4)5/h2,8-9,11-12,14H,6H2,1,3-5H3/b10-8+/t11-,12?,14-/m0/s1. The minimum atomic E-state index is -0.602. The Kier molecular flexibility index (Phi) is 5.74. The van der Waals surface area contributed by atoms with E-state index >= 15 is 0 Å². The lowest BCUT2D eigenvalue weighted by atomic mass is 10.1. The van der Waals surface area contributed by atoms with Gasteiger partial charge in [0.15, 0.2) is 6.10 Å². The molecule has 0 spiro atoms. The fourth-order valence-corrected chi connectivity index (χ4v) is 2.72. The maximum Gasteiger partial charge on any atom is 0.311 e. The van der Waals surface area contributed by atoms with E-state index in [0.717, 1.165) is 12.0 Å². The van der Waals surface area contributed by atoms with Gasteiger partial charge in [-0.15, -0.1) is 6.42 Å². The Bertz CT molecular complexity index is 479. The number of hydrogen-bond donors (Lipinski definition) is 0. The van der Waals surface area contributed by atoms with Crippen LogP contribution < -0.4 is 0 Å². The molecule has 0 saturated heterocycles. The van der Waals surface area contributed by atoms with Gasteiger partial charge in [0, 0.05) is 0 Å². The molecule has 1 fully saturated rings. The van der Waals surface area contributed by atoms with Crippen molar-refractivity contribution >= 4 is 29.2 Å². The molecule has 0 N–H and O–H groups in total. The summed E-state index contributed by atoms with van der Waals surface area (Å²) in [5.41, 5.74) is 0.678. The third-order valence-electron chi connectivity index (χ3n) is 3.80. The van der Waals surface area contributed by atoms with Gasteiger partial charge >= 0.3 is 5.97 Å². The van der Waals surface area contributed by atoms with Crippen molar-refractivity contribution in [2.75, 3.05) is 0 Å². The highest BCUT2D eigenvalue weighted by Crippen LogP contribution is 2.60. The summed E-state index contributed by atoms with van der Waals surface area (Å²) in [5, 5.41) is 0. The number of terminal acetylenes is 1. The average molecular weight is 315 g/mol. The van der Waals surface area contributed by atoms with Gasteiger partial charge in [-0.05, 0) is 36.3 Å². The summed E-state index contributed by atoms with van der Waals surface area (Å²) in [4.78, 5) is 12.2. The van der Waals surface area contributed by atoms with E-state index in [1.807, 2.05) is 33.8 Å². The maximum atomic E-state index is 12.2. The van der Waals surface area contributed by atoms with Gasteiger partial charge in [0.05, 0.1) is 5.92 Å². The first-order chi connectivity index (χ1) is 9.25. The molecule has 1 unspecified atom stereocenters. The molecule has 0 aliphatic heterocycles. The minimum absolute atomic E-state index is 0.00566. The van der Waals surface area contributed by atoms with Gasteiger partial charge in [0.2, 0.25) is 0 Å². The van der Waals surface area contributed by atoms with Crippen molar-refractivity contribution in [3.63, 3.8) is 0 Å². The van der Waals surface area contributed by atoms with E-state index in [1.54, 1.807) is 6.08 Å². The van der Waals surface area contributed by atoms with Crippen molar-refractivity contribution in [1.82, 2.24) is 0 Å². The fraction of sp³-hybridized carbons (Fsp3) is 0.562. The summed E-state index contributed by atoms with van der Waals surface area (Å²) in [5.74, 6) is 1.96. The summed E-state index contributed by atoms with van der Waals surface area (Å²) in [6.45, 7) is 7.84. The highest BCUT2D eigenvalue weighted by atomic mass is 35.5. The molecule has 4 heteroatoms. The van der Waals surface area contributed by atoms with Crippen LogP contribution in [-0.2, 0) is 9.53 Å². The lowest BCUT2D eigenvalue weighted by Crippen LogP contribution is -2.20. The molecule has 2 nitrogen and oxygen atoms in total. The molecule has 1 aliphatic rings. The zero-order valence-electron chi connectivity index (χ0n) is 12.2. The second-order valence-corrected chi connectivity index (χ2v) is 6.63. The van der Waals surface area contributed by atoms with E-state index in [4.69, 9.17) is 34.4 Å². The maximum absolute atomic E-state index is 12.2. The van der Waals surface area contributed by atoms with Crippen LogP contribution in [0.4, 0.5) is 0 Å². The van der Waals surface area contributed by atoms with Crippen LogP contribution in [0.5, 0.6) is 0 Å². The number of halogens is 2. The van der Waals surface area contributed by atoms with Crippen LogP contribution in [0, 0.1) is 29.6 Å². The molecular formula is C16H20Cl2O2. The molecule has 110 valence electrons. The molecular weight excluding hydrogens is 295 g/mol. The number of esters is 1. The smallest absolute Gasteiger partial charge is 0.311 e. The lowest BCUT2D eigenvalue weighted by molar-refractivity contribution is -0.147. The van der Waals surface area contributed by atoms with Gasteiger partial charge in [0.25, 0.3) is 0 Å². The molecule has 0 aromatic carbocycles. The van der Waals surface area contributed by atoms with Crippen LogP contribution in [0.2, 0.25) is 0 Å². The molecule has 0 aromatic rings. The number of ether oxygens (including phenoxy) is 1. The summed E-state index contributed by atoms with van der Waals surface area (Å²) < 4.78 is 5.60. The van der Waals surface area contributed by atoms with Crippen molar-refractivity contribution in [2.24, 2.45) is 17.3 Å². The van der Waals surface area contributed by atoms with Crippen molar-refractivity contribution in [3.8, 4) is 12.3 Å². The minimum Gasteiger partial charge on any atom is -0.444 e. The third kappa shape index (κ3) is 3.81. The van der Waals surface area contributed by atoms with Gasteiger partial charge in [0.1, 0.15) is 4.49 Å². The van der Waals surface area contributed by atoms with E-state index in [9.17, 15) is 4.79 Å². The molecule has 1 rings (SSSR count). The molecule has 0 bridgehead atoms. The van der Waals surface area contributed by atoms with E-state index < -0.39 is 6.10 Å². The van der Waals surface area contributed by atoms with Crippen LogP contribution in [0.15, 0.2) is 22.2 Å². The van der Waals surface area contributed by atoms with E-state index in [2.05, 4.69) is 5.92 Å². The Morgan fingerprint density at radius 1 is 1.50 bits per heavy atom. The number of carbonyl (C=O) groups excluding carboxylic acids is 1. The molecule has 3 atom stereocenters. The van der Waals surface area contributed by atoms with E-state index in [0.29, 0.717) is 0 Å². The van der Waals surface area contributed by atoms with Crippen molar-refractivity contribution in [3.05, 3.63) is 22.2 Å². The Hall–Kier alpha value is -0.910. The van der Waals surface area contributed by atoms with E-state index in [1.165, 1.54) is 0 Å². The molecule has 20 heavy (non-hydrogen) atoms. The van der Waals surface area contributed by atoms with Gasteiger partial charge in [-0.1, -0.05) is 56.0 Å². The number of carbonyl (C=O) groups is 1. The third-order valence-corrected chi connectivity index (χ3v) is 4.05. The Morgan fingerprint density at radius 3 is 2.55 bits per heavy atom. The van der Waals surface area contributed by atoms with Crippen LogP contribution >= 0.6 is 23.2 Å². The molecule has 0 amide bonds. The van der Waals surface area contributed by atoms with Crippen LogP contribution in [0.3, 0.4) is 0 Å². The topological polar surface area (TPSA) is 26.3 Å². The fourth-order valence-electron chi connectivity index (χ4n) is 2.45. The van der Waals surface area contributed by atoms with Crippen molar-refractivity contribution in [2.45, 2.75) is 40.2 Å². The van der Waals surface area contributed by atoms with Gasteiger partial charge in [-0.25, -0.2) is 0 Å². The second-order valence-electron chi connectivity index (χ2n) is 5.62. The van der Waals surface area contributed by atoms with Crippen molar-refractivity contribution in [1.29, 1.82) is 0 Å². The summed E-state index contributed by atoms with van der Waals surface area (Å²) in [6, 6.07) is 0. The highest BCUT2D eigenvalue weighted by Gasteiger charge is 2.61. The molecule has 0 radical (unpaired) electrons. The molecule has 1 aliphatic carbocycles. The SMILES string of the molecule is C#CC(OC(=O)[C@@H]1[C@H](C=C(Cl)Cl)C1(C)C)/C(C)=C/CC. The lowest BCUT2D eigenvalue weighted by Gasteiger charge is -2.13. The van der Waals surface area contributed by atoms with Gasteiger partial charge in [-0.2, -0.15) is 0 Å². The quantitative estimate of drug-likeness (QED) is 0.425. The van der Waals surface area contributed by atoms with E-state index in [-0.39, 0.29) is 27.7 Å². The predicted octanol–water partition coefficient (Wildman–Crippen LogP) is 4.48. The number of hydrogen-bond acceptors (Lipinski definition) is 2. The molecule has 0 heterocycles. The summed E-state index contributed by atoms with van der Waals surface area (Å²) in [6.07, 6.45) is 9.33. The van der Waals surface area contributed by atoms with Gasteiger partial charge < -0.3 is 4.74 Å². The first-order valence-corrected chi connectivity index (χ1v) is 7.37. The monoisotopic (exact) mass is 314 g/mol. The highest BCUT2D eigenvalue weighted by molar-refractivity contribution is 6.55. The van der Waals surface area contributed by atoms with Crippen LogP contribution in [-0.4, -0.2) is 12.1 Å². The number of rotatable bonds is 5. The summed E-state index contributed by atoms with van der Waals surface area (Å²) >= 11 is 11.3. The van der Waals surface area contributed by atoms with Crippen LogP contribution in [0.25, 0.3) is 0 Å². The first kappa shape index (κ1) is 17.1. The van der Waals surface area contributed by atoms with Gasteiger partial charge in [-0.3, -0.25) is 4.79 Å². The molecule has 0 aromatic heterocycles. The zero-order chi connectivity index (χ0) is 15.5. The normalized spacial score (nSPS) is 25.4. The van der Waals surface area contributed by atoms with Crippen LogP contribution in [0.1, 0.15) is 34.1 Å². The second kappa shape index (κ2) is 6.70. The predicted molar refractivity (Wildman–Crippen MR) is 83.3 cm³/mol. The Balaban J connectivity index is 2.76. The first-order valence-electron chi connectivity index (χ1n) is 6.61. The summed E-state index contributed by atoms with van der Waals surface area (Å²) in [7, 11) is 0. The molecule has 1 saturated carbocycles. The zero-order valence-corrected chi connectivity index (χ0v) is 13.8. The average Bonchev–Trinajstić information content (AvgIpc) is 2.86. The largest absolute Gasteiger partial charge is 0.444 e. The Morgan fingerprint density at radius 2 is 2.10 bits per heavy atom. The Labute approximate surface area is 131 Å². The van der Waals surface area contributed by atoms with Crippen molar-refractivity contribution < 1.29 is 9.53 Å².